The lowest BCUT2D eigenvalue weighted by Gasteiger charge is -1.98. The van der Waals surface area contributed by atoms with Gasteiger partial charge in [0.05, 0.1) is 5.56 Å². The summed E-state index contributed by atoms with van der Waals surface area (Å²) >= 11 is 0. The standard InChI is InChI=1S/C14H12O2/c15-13-8-4-3-7-12(13)14(16)10-9-11-5-1-2-6-11/h1-5,7-10,15H,6H2. The van der Waals surface area contributed by atoms with E-state index in [9.17, 15) is 9.90 Å². The van der Waals surface area contributed by atoms with E-state index in [0.717, 1.165) is 12.0 Å². The molecule has 0 unspecified atom stereocenters. The van der Waals surface area contributed by atoms with Crippen LogP contribution >= 0.6 is 0 Å². The molecule has 1 aliphatic rings. The molecule has 2 rings (SSSR count). The van der Waals surface area contributed by atoms with Crippen molar-refractivity contribution in [1.82, 2.24) is 0 Å². The minimum Gasteiger partial charge on any atom is -0.507 e. The van der Waals surface area contributed by atoms with Gasteiger partial charge in [-0.3, -0.25) is 4.79 Å². The number of carbonyl (C=O) groups excluding carboxylic acids is 1. The molecule has 1 aromatic rings. The van der Waals surface area contributed by atoms with Gasteiger partial charge < -0.3 is 5.11 Å². The Morgan fingerprint density at radius 2 is 2.12 bits per heavy atom. The number of hydrogen-bond acceptors (Lipinski definition) is 2. The second-order valence-electron chi connectivity index (χ2n) is 3.59. The van der Waals surface area contributed by atoms with Crippen LogP contribution < -0.4 is 0 Å². The van der Waals surface area contributed by atoms with Gasteiger partial charge in [-0.05, 0) is 30.2 Å². The molecule has 16 heavy (non-hydrogen) atoms. The van der Waals surface area contributed by atoms with E-state index >= 15 is 0 Å². The molecule has 2 heteroatoms. The SMILES string of the molecule is O=C(C=CC1=CC=CC1)c1ccccc1O. The molecule has 80 valence electrons. The number of hydrogen-bond donors (Lipinski definition) is 1. The Morgan fingerprint density at radius 1 is 1.31 bits per heavy atom. The van der Waals surface area contributed by atoms with Crippen molar-refractivity contribution >= 4 is 5.78 Å². The third-order valence-corrected chi connectivity index (χ3v) is 2.42. The van der Waals surface area contributed by atoms with E-state index in [2.05, 4.69) is 0 Å². The number of rotatable bonds is 3. The quantitative estimate of drug-likeness (QED) is 0.617. The molecule has 1 aliphatic carbocycles. The van der Waals surface area contributed by atoms with E-state index in [0.29, 0.717) is 5.56 Å². The Kier molecular flexibility index (Phi) is 3.01. The Balaban J connectivity index is 2.12. The van der Waals surface area contributed by atoms with Gasteiger partial charge in [-0.2, -0.15) is 0 Å². The molecule has 0 bridgehead atoms. The van der Waals surface area contributed by atoms with Gasteiger partial charge in [0.2, 0.25) is 0 Å². The second kappa shape index (κ2) is 4.62. The first kappa shape index (κ1) is 10.4. The van der Waals surface area contributed by atoms with Crippen LogP contribution in [0.15, 0.2) is 60.2 Å². The number of phenolic OH excluding ortho intramolecular Hbond substituents is 1. The van der Waals surface area contributed by atoms with E-state index < -0.39 is 0 Å². The zero-order chi connectivity index (χ0) is 11.4. The van der Waals surface area contributed by atoms with Crippen LogP contribution in [0.1, 0.15) is 16.8 Å². The number of benzene rings is 1. The fourth-order valence-electron chi connectivity index (χ4n) is 1.54. The lowest BCUT2D eigenvalue weighted by Crippen LogP contribution is -1.94. The van der Waals surface area contributed by atoms with Crippen LogP contribution in [0.3, 0.4) is 0 Å². The predicted octanol–water partition coefficient (Wildman–Crippen LogP) is 3.02. The van der Waals surface area contributed by atoms with Gasteiger partial charge in [0.15, 0.2) is 5.78 Å². The maximum Gasteiger partial charge on any atom is 0.189 e. The molecule has 0 spiro atoms. The summed E-state index contributed by atoms with van der Waals surface area (Å²) in [7, 11) is 0. The van der Waals surface area contributed by atoms with E-state index in [1.54, 1.807) is 24.3 Å². The normalized spacial score (nSPS) is 14.4. The predicted molar refractivity (Wildman–Crippen MR) is 63.4 cm³/mol. The van der Waals surface area contributed by atoms with Crippen molar-refractivity contribution in [2.45, 2.75) is 6.42 Å². The third-order valence-electron chi connectivity index (χ3n) is 2.42. The number of aromatic hydroxyl groups is 1. The van der Waals surface area contributed by atoms with Crippen LogP contribution in [0, 0.1) is 0 Å². The molecule has 0 saturated carbocycles. The molecule has 0 aromatic heterocycles. The molecular weight excluding hydrogens is 200 g/mol. The van der Waals surface area contributed by atoms with Crippen molar-refractivity contribution in [3.63, 3.8) is 0 Å². The first-order valence-electron chi connectivity index (χ1n) is 5.13. The number of carbonyl (C=O) groups is 1. The zero-order valence-electron chi connectivity index (χ0n) is 8.76. The maximum atomic E-state index is 11.7. The fraction of sp³-hybridized carbons (Fsp3) is 0.0714. The van der Waals surface area contributed by atoms with Gasteiger partial charge in [-0.15, -0.1) is 0 Å². The Bertz CT molecular complexity index is 493. The topological polar surface area (TPSA) is 37.3 Å². The molecular formula is C14H12O2. The van der Waals surface area contributed by atoms with Crippen molar-refractivity contribution in [2.75, 3.05) is 0 Å². The summed E-state index contributed by atoms with van der Waals surface area (Å²) in [5.74, 6) is -0.151. The van der Waals surface area contributed by atoms with Crippen molar-refractivity contribution in [3.8, 4) is 5.75 Å². The van der Waals surface area contributed by atoms with Gasteiger partial charge in [-0.25, -0.2) is 0 Å². The summed E-state index contributed by atoms with van der Waals surface area (Å²) in [4.78, 5) is 11.7. The molecule has 0 amide bonds. The Hall–Kier alpha value is -2.09. The average Bonchev–Trinajstić information content (AvgIpc) is 2.79. The molecule has 0 heterocycles. The van der Waals surface area contributed by atoms with Gasteiger partial charge in [-0.1, -0.05) is 36.4 Å². The molecule has 0 fully saturated rings. The highest BCUT2D eigenvalue weighted by Gasteiger charge is 2.06. The highest BCUT2D eigenvalue weighted by atomic mass is 16.3. The highest BCUT2D eigenvalue weighted by molar-refractivity contribution is 6.06. The third kappa shape index (κ3) is 2.28. The zero-order valence-corrected chi connectivity index (χ0v) is 8.76. The van der Waals surface area contributed by atoms with Crippen molar-refractivity contribution in [2.24, 2.45) is 0 Å². The smallest absolute Gasteiger partial charge is 0.189 e. The van der Waals surface area contributed by atoms with Crippen LogP contribution in [0.4, 0.5) is 0 Å². The van der Waals surface area contributed by atoms with Crippen LogP contribution in [-0.2, 0) is 0 Å². The maximum absolute atomic E-state index is 11.7. The average molecular weight is 212 g/mol. The lowest BCUT2D eigenvalue weighted by molar-refractivity contribution is 0.104. The number of allylic oxidation sites excluding steroid dienone is 6. The lowest BCUT2D eigenvalue weighted by atomic mass is 10.1. The monoisotopic (exact) mass is 212 g/mol. The first-order valence-corrected chi connectivity index (χ1v) is 5.13. The van der Waals surface area contributed by atoms with Crippen LogP contribution in [0.5, 0.6) is 5.75 Å². The minimum absolute atomic E-state index is 0.0238. The van der Waals surface area contributed by atoms with Gasteiger partial charge in [0.25, 0.3) is 0 Å². The van der Waals surface area contributed by atoms with Crippen molar-refractivity contribution in [1.29, 1.82) is 0 Å². The first-order chi connectivity index (χ1) is 7.77. The van der Waals surface area contributed by atoms with Crippen LogP contribution in [-0.4, -0.2) is 10.9 Å². The van der Waals surface area contributed by atoms with Gasteiger partial charge in [0, 0.05) is 0 Å². The van der Waals surface area contributed by atoms with E-state index in [1.165, 1.54) is 12.1 Å². The molecule has 0 atom stereocenters. The minimum atomic E-state index is -0.175. The molecule has 1 N–H and O–H groups in total. The molecule has 2 nitrogen and oxygen atoms in total. The summed E-state index contributed by atoms with van der Waals surface area (Å²) in [5, 5.41) is 9.49. The second-order valence-corrected chi connectivity index (χ2v) is 3.59. The summed E-state index contributed by atoms with van der Waals surface area (Å²) in [6, 6.07) is 6.55. The number of ketones is 1. The number of para-hydroxylation sites is 1. The largest absolute Gasteiger partial charge is 0.507 e. The summed E-state index contributed by atoms with van der Waals surface area (Å²) in [6.45, 7) is 0. The molecule has 0 aliphatic heterocycles. The van der Waals surface area contributed by atoms with E-state index in [1.807, 2.05) is 18.2 Å². The highest BCUT2D eigenvalue weighted by Crippen LogP contribution is 2.17. The Morgan fingerprint density at radius 3 is 2.81 bits per heavy atom. The van der Waals surface area contributed by atoms with E-state index in [-0.39, 0.29) is 11.5 Å². The van der Waals surface area contributed by atoms with Gasteiger partial charge in [0.1, 0.15) is 5.75 Å². The van der Waals surface area contributed by atoms with Crippen LogP contribution in [0.2, 0.25) is 0 Å². The van der Waals surface area contributed by atoms with Crippen molar-refractivity contribution in [3.05, 3.63) is 65.8 Å². The molecule has 0 radical (unpaired) electrons. The Labute approximate surface area is 94.2 Å². The summed E-state index contributed by atoms with van der Waals surface area (Å²) < 4.78 is 0. The number of phenols is 1. The van der Waals surface area contributed by atoms with E-state index in [4.69, 9.17) is 0 Å². The fourth-order valence-corrected chi connectivity index (χ4v) is 1.54. The van der Waals surface area contributed by atoms with Gasteiger partial charge >= 0.3 is 0 Å². The molecule has 0 saturated heterocycles. The summed E-state index contributed by atoms with van der Waals surface area (Å²) in [6.07, 6.45) is 10.1. The van der Waals surface area contributed by atoms with Crippen LogP contribution in [0.25, 0.3) is 0 Å². The summed E-state index contributed by atoms with van der Waals surface area (Å²) in [5.41, 5.74) is 1.44. The van der Waals surface area contributed by atoms with Crippen molar-refractivity contribution < 1.29 is 9.90 Å². The molecule has 1 aromatic carbocycles.